The fraction of sp³-hybridized carbons (Fsp3) is 0.241. The number of carbonyl (C=O) groups is 2. The van der Waals surface area contributed by atoms with Gasteiger partial charge >= 0.3 is 0 Å². The number of nitrogens with one attached hydrogen (secondary N) is 1. The van der Waals surface area contributed by atoms with E-state index >= 15 is 0 Å². The van der Waals surface area contributed by atoms with Crippen LogP contribution in [0.2, 0.25) is 0 Å². The number of hydrogen-bond acceptors (Lipinski definition) is 5. The van der Waals surface area contributed by atoms with E-state index in [4.69, 9.17) is 0 Å². The fourth-order valence-corrected chi connectivity index (χ4v) is 6.06. The number of anilines is 2. The predicted octanol–water partition coefficient (Wildman–Crippen LogP) is 5.30. The van der Waals surface area contributed by atoms with Crippen molar-refractivity contribution in [2.75, 3.05) is 10.2 Å². The summed E-state index contributed by atoms with van der Waals surface area (Å²) in [7, 11) is 0. The number of imide groups is 1. The molecule has 1 aliphatic heterocycles. The Bertz CT molecular complexity index is 1340. The lowest BCUT2D eigenvalue weighted by Gasteiger charge is -2.22. The molecule has 1 saturated carbocycles. The minimum Gasteiger partial charge on any atom is -0.372 e. The van der Waals surface area contributed by atoms with Gasteiger partial charge in [-0.2, -0.15) is 0 Å². The minimum absolute atomic E-state index is 0.0852. The Kier molecular flexibility index (Phi) is 5.40. The van der Waals surface area contributed by atoms with Crippen molar-refractivity contribution in [1.82, 2.24) is 0 Å². The molecule has 0 unspecified atom stereocenters. The van der Waals surface area contributed by atoms with E-state index < -0.39 is 4.92 Å². The summed E-state index contributed by atoms with van der Waals surface area (Å²) in [5.74, 6) is -1.02. The highest BCUT2D eigenvalue weighted by atomic mass is 16.6. The maximum Gasteiger partial charge on any atom is 0.294 e. The van der Waals surface area contributed by atoms with Crippen molar-refractivity contribution in [3.05, 3.63) is 112 Å². The Morgan fingerprint density at radius 1 is 0.889 bits per heavy atom. The number of hydrogen-bond donors (Lipinski definition) is 1. The highest BCUT2D eigenvalue weighted by Gasteiger charge is 2.59. The molecular formula is C29H25N3O4. The molecule has 7 heteroatoms. The van der Waals surface area contributed by atoms with Gasteiger partial charge in [-0.25, -0.2) is 4.90 Å². The molecule has 1 saturated heterocycles. The molecule has 3 aromatic carbocycles. The van der Waals surface area contributed by atoms with Crippen molar-refractivity contribution in [1.29, 1.82) is 0 Å². The zero-order chi connectivity index (χ0) is 24.8. The molecule has 2 bridgehead atoms. The van der Waals surface area contributed by atoms with Crippen molar-refractivity contribution in [2.45, 2.75) is 18.9 Å². The van der Waals surface area contributed by atoms with E-state index in [9.17, 15) is 19.7 Å². The van der Waals surface area contributed by atoms with Gasteiger partial charge in [-0.15, -0.1) is 0 Å². The number of nitro benzene ring substituents is 1. The van der Waals surface area contributed by atoms with Crippen LogP contribution in [0.15, 0.2) is 91.0 Å². The zero-order valence-electron chi connectivity index (χ0n) is 19.5. The molecule has 0 radical (unpaired) electrons. The molecule has 0 aromatic heterocycles. The van der Waals surface area contributed by atoms with Crippen LogP contribution in [0.5, 0.6) is 0 Å². The van der Waals surface area contributed by atoms with E-state index in [0.717, 1.165) is 22.4 Å². The second-order valence-corrected chi connectivity index (χ2v) is 9.77. The van der Waals surface area contributed by atoms with Crippen LogP contribution >= 0.6 is 0 Å². The number of fused-ring (bicyclic) bond motifs is 5. The maximum absolute atomic E-state index is 13.2. The second-order valence-electron chi connectivity index (χ2n) is 9.77. The number of amides is 2. The Hall–Kier alpha value is -4.26. The Labute approximate surface area is 208 Å². The summed E-state index contributed by atoms with van der Waals surface area (Å²) in [5.41, 5.74) is 2.53. The van der Waals surface area contributed by atoms with Gasteiger partial charge in [0, 0.05) is 6.07 Å². The molecule has 6 rings (SSSR count). The third kappa shape index (κ3) is 3.68. The third-order valence-electron chi connectivity index (χ3n) is 7.72. The molecule has 2 fully saturated rings. The van der Waals surface area contributed by atoms with Gasteiger partial charge in [0.2, 0.25) is 11.8 Å². The molecule has 5 atom stereocenters. The fourth-order valence-electron chi connectivity index (χ4n) is 6.06. The van der Waals surface area contributed by atoms with Crippen LogP contribution in [0.3, 0.4) is 0 Å². The van der Waals surface area contributed by atoms with Gasteiger partial charge in [0.25, 0.3) is 5.69 Å². The van der Waals surface area contributed by atoms with E-state index in [1.165, 1.54) is 6.07 Å². The molecule has 3 aromatic rings. The van der Waals surface area contributed by atoms with E-state index in [0.29, 0.717) is 12.1 Å². The normalized spacial score (nSPS) is 24.7. The predicted molar refractivity (Wildman–Crippen MR) is 136 cm³/mol. The van der Waals surface area contributed by atoms with Crippen molar-refractivity contribution in [3.8, 4) is 0 Å². The molecular weight excluding hydrogens is 454 g/mol. The number of allylic oxidation sites excluding steroid dienone is 2. The first-order chi connectivity index (χ1) is 17.5. The first-order valence-corrected chi connectivity index (χ1v) is 12.2. The van der Waals surface area contributed by atoms with Crippen LogP contribution in [-0.4, -0.2) is 16.7 Å². The molecule has 180 valence electrons. The smallest absolute Gasteiger partial charge is 0.294 e. The zero-order valence-corrected chi connectivity index (χ0v) is 19.5. The quantitative estimate of drug-likeness (QED) is 0.215. The van der Waals surface area contributed by atoms with E-state index in [2.05, 4.69) is 5.32 Å². The first-order valence-electron chi connectivity index (χ1n) is 12.2. The summed E-state index contributed by atoms with van der Waals surface area (Å²) in [4.78, 5) is 39.2. The van der Waals surface area contributed by atoms with Gasteiger partial charge in [-0.3, -0.25) is 19.7 Å². The van der Waals surface area contributed by atoms with E-state index in [1.54, 1.807) is 12.1 Å². The molecule has 1 heterocycles. The van der Waals surface area contributed by atoms with Crippen LogP contribution in [0.25, 0.3) is 0 Å². The van der Waals surface area contributed by atoms with Gasteiger partial charge in [0.1, 0.15) is 5.69 Å². The van der Waals surface area contributed by atoms with E-state index in [1.807, 2.05) is 72.8 Å². The summed E-state index contributed by atoms with van der Waals surface area (Å²) >= 11 is 0. The van der Waals surface area contributed by atoms with Crippen molar-refractivity contribution in [2.24, 2.45) is 23.7 Å². The number of carbonyl (C=O) groups excluding carboxylic acids is 2. The lowest BCUT2D eigenvalue weighted by molar-refractivity contribution is -0.383. The van der Waals surface area contributed by atoms with Gasteiger partial charge < -0.3 is 5.32 Å². The van der Waals surface area contributed by atoms with Crippen molar-refractivity contribution >= 4 is 28.9 Å². The van der Waals surface area contributed by atoms with E-state index in [-0.39, 0.29) is 52.9 Å². The maximum atomic E-state index is 13.2. The summed E-state index contributed by atoms with van der Waals surface area (Å²) in [6.07, 6.45) is 5.54. The number of nitro groups is 1. The monoisotopic (exact) mass is 479 g/mol. The first kappa shape index (κ1) is 22.2. The molecule has 2 aliphatic carbocycles. The molecule has 1 N–H and O–H groups in total. The summed E-state index contributed by atoms with van der Waals surface area (Å²) in [5, 5.41) is 15.5. The summed E-state index contributed by atoms with van der Waals surface area (Å²) < 4.78 is 0. The van der Waals surface area contributed by atoms with Crippen molar-refractivity contribution in [3.63, 3.8) is 0 Å². The van der Waals surface area contributed by atoms with Gasteiger partial charge in [0.15, 0.2) is 0 Å². The molecule has 36 heavy (non-hydrogen) atoms. The van der Waals surface area contributed by atoms with Crippen LogP contribution in [0, 0.1) is 33.8 Å². The lowest BCUT2D eigenvalue weighted by atomic mass is 9.85. The number of rotatable bonds is 7. The lowest BCUT2D eigenvalue weighted by Crippen LogP contribution is -2.32. The largest absolute Gasteiger partial charge is 0.372 e. The number of nitrogens with zero attached hydrogens (tertiary/aromatic N) is 2. The molecule has 7 nitrogen and oxygen atoms in total. The standard InChI is InChI=1S/C29H25N3O4/c33-28-26-20-11-12-21(16-20)27(26)29(34)31(28)22-13-14-23(25(17-22)32(35)36)30-24(19-9-5-2-6-10-19)15-18-7-3-1-4-8-18/h1-14,17,20-21,24,26-27,30H,15-16H2/t20-,21-,24+,26+,27+/m0/s1. The average Bonchev–Trinajstić information content (AvgIpc) is 3.58. The Morgan fingerprint density at radius 2 is 1.50 bits per heavy atom. The second kappa shape index (κ2) is 8.75. The van der Waals surface area contributed by atoms with Gasteiger partial charge in [-0.1, -0.05) is 72.8 Å². The Morgan fingerprint density at radius 3 is 2.11 bits per heavy atom. The Balaban J connectivity index is 1.32. The van der Waals surface area contributed by atoms with Gasteiger partial charge in [0.05, 0.1) is 28.5 Å². The van der Waals surface area contributed by atoms with Crippen LogP contribution < -0.4 is 10.2 Å². The van der Waals surface area contributed by atoms with Crippen LogP contribution in [-0.2, 0) is 16.0 Å². The molecule has 0 spiro atoms. The summed E-state index contributed by atoms with van der Waals surface area (Å²) in [6, 6.07) is 24.1. The van der Waals surface area contributed by atoms with Crippen LogP contribution in [0.1, 0.15) is 23.6 Å². The third-order valence-corrected chi connectivity index (χ3v) is 7.72. The average molecular weight is 480 g/mol. The molecule has 3 aliphatic rings. The van der Waals surface area contributed by atoms with Gasteiger partial charge in [-0.05, 0) is 47.9 Å². The topological polar surface area (TPSA) is 92.6 Å². The minimum atomic E-state index is -0.465. The van der Waals surface area contributed by atoms with Crippen molar-refractivity contribution < 1.29 is 14.5 Å². The van der Waals surface area contributed by atoms with Crippen LogP contribution in [0.4, 0.5) is 17.1 Å². The summed E-state index contributed by atoms with van der Waals surface area (Å²) in [6.45, 7) is 0. The SMILES string of the molecule is O=C1[C@H]2[C@H](C(=O)N1c1ccc(N[C@H](Cc3ccccc3)c3ccccc3)c([N+](=O)[O-])c1)[C@H]1C=C[C@H]2C1. The highest BCUT2D eigenvalue weighted by molar-refractivity contribution is 6.23. The molecule has 2 amide bonds. The number of benzene rings is 3. The highest BCUT2D eigenvalue weighted by Crippen LogP contribution is 2.53.